The molecule has 0 aromatic heterocycles. The van der Waals surface area contributed by atoms with E-state index in [1.165, 1.54) is 0 Å². The van der Waals surface area contributed by atoms with Gasteiger partial charge in [0.1, 0.15) is 5.82 Å². The summed E-state index contributed by atoms with van der Waals surface area (Å²) in [5.41, 5.74) is 7.49. The van der Waals surface area contributed by atoms with E-state index in [1.54, 1.807) is 0 Å². The molecule has 1 aromatic rings. The van der Waals surface area contributed by atoms with Crippen molar-refractivity contribution in [3.63, 3.8) is 0 Å². The predicted octanol–water partition coefficient (Wildman–Crippen LogP) is 3.04. The van der Waals surface area contributed by atoms with Gasteiger partial charge in [-0.15, -0.1) is 0 Å². The van der Waals surface area contributed by atoms with Gasteiger partial charge in [-0.1, -0.05) is 13.0 Å². The number of hydrogen-bond acceptors (Lipinski definition) is 1. The summed E-state index contributed by atoms with van der Waals surface area (Å²) in [4.78, 5) is 0. The van der Waals surface area contributed by atoms with Crippen molar-refractivity contribution in [2.24, 2.45) is 5.73 Å². The van der Waals surface area contributed by atoms with Crippen LogP contribution in [0.15, 0.2) is 16.6 Å². The highest BCUT2D eigenvalue weighted by atomic mass is 79.9. The third-order valence-corrected chi connectivity index (χ3v) is 2.69. The largest absolute Gasteiger partial charge is 0.328 e. The van der Waals surface area contributed by atoms with Gasteiger partial charge < -0.3 is 5.73 Å². The highest BCUT2D eigenvalue weighted by molar-refractivity contribution is 9.10. The maximum Gasteiger partial charge on any atom is 0.140 e. The number of halogens is 2. The van der Waals surface area contributed by atoms with Crippen LogP contribution in [-0.4, -0.2) is 6.04 Å². The Balaban J connectivity index is 3.07. The molecule has 3 heteroatoms. The molecule has 0 saturated carbocycles. The third-order valence-electron chi connectivity index (χ3n) is 2.11. The van der Waals surface area contributed by atoms with E-state index in [4.69, 9.17) is 5.73 Å². The molecule has 0 fully saturated rings. The van der Waals surface area contributed by atoms with Gasteiger partial charge in [0.05, 0.1) is 4.47 Å². The van der Waals surface area contributed by atoms with Crippen LogP contribution in [0.4, 0.5) is 4.39 Å². The molecule has 0 aliphatic rings. The number of benzene rings is 1. The van der Waals surface area contributed by atoms with Crippen molar-refractivity contribution in [3.05, 3.63) is 33.5 Å². The van der Waals surface area contributed by atoms with Gasteiger partial charge >= 0.3 is 0 Å². The minimum Gasteiger partial charge on any atom is -0.328 e. The summed E-state index contributed by atoms with van der Waals surface area (Å²) in [6.45, 7) is 3.93. The molecular formula is C11H15BrFN. The maximum atomic E-state index is 13.6. The molecule has 1 nitrogen and oxygen atoms in total. The number of aryl methyl sites for hydroxylation is 1. The van der Waals surface area contributed by atoms with Gasteiger partial charge in [-0.05, 0) is 52.9 Å². The van der Waals surface area contributed by atoms with Gasteiger partial charge in [0.25, 0.3) is 0 Å². The monoisotopic (exact) mass is 259 g/mol. The Kier molecular flexibility index (Phi) is 4.08. The summed E-state index contributed by atoms with van der Waals surface area (Å²) >= 11 is 3.21. The van der Waals surface area contributed by atoms with Crippen LogP contribution in [0.5, 0.6) is 0 Å². The first-order valence-electron chi connectivity index (χ1n) is 4.77. The Morgan fingerprint density at radius 3 is 2.64 bits per heavy atom. The topological polar surface area (TPSA) is 26.0 Å². The zero-order chi connectivity index (χ0) is 10.7. The first-order chi connectivity index (χ1) is 6.54. The van der Waals surface area contributed by atoms with Crippen molar-refractivity contribution in [3.8, 4) is 0 Å². The average Bonchev–Trinajstić information content (AvgIpc) is 2.11. The zero-order valence-electron chi connectivity index (χ0n) is 8.48. The molecule has 1 rings (SSSR count). The molecule has 0 radical (unpaired) electrons. The second-order valence-electron chi connectivity index (χ2n) is 3.59. The van der Waals surface area contributed by atoms with E-state index in [2.05, 4.69) is 22.9 Å². The Bertz CT molecular complexity index is 323. The van der Waals surface area contributed by atoms with Crippen LogP contribution in [0.3, 0.4) is 0 Å². The number of nitrogens with two attached hydrogens (primary N) is 1. The molecule has 0 saturated heterocycles. The van der Waals surface area contributed by atoms with E-state index in [0.29, 0.717) is 16.5 Å². The molecule has 0 aliphatic carbocycles. The summed E-state index contributed by atoms with van der Waals surface area (Å²) in [5.74, 6) is -0.181. The van der Waals surface area contributed by atoms with E-state index in [1.807, 2.05) is 19.1 Å². The van der Waals surface area contributed by atoms with Crippen molar-refractivity contribution in [2.45, 2.75) is 32.7 Å². The van der Waals surface area contributed by atoms with Gasteiger partial charge in [-0.2, -0.15) is 0 Å². The van der Waals surface area contributed by atoms with Crippen molar-refractivity contribution < 1.29 is 4.39 Å². The molecule has 1 atom stereocenters. The van der Waals surface area contributed by atoms with Crippen LogP contribution in [0.1, 0.15) is 25.0 Å². The van der Waals surface area contributed by atoms with Crippen LogP contribution in [0, 0.1) is 5.82 Å². The minimum atomic E-state index is -0.181. The number of hydrogen-bond donors (Lipinski definition) is 1. The van der Waals surface area contributed by atoms with E-state index < -0.39 is 0 Å². The first-order valence-corrected chi connectivity index (χ1v) is 5.56. The molecule has 2 N–H and O–H groups in total. The molecule has 0 bridgehead atoms. The second kappa shape index (κ2) is 4.89. The fourth-order valence-electron chi connectivity index (χ4n) is 1.41. The lowest BCUT2D eigenvalue weighted by molar-refractivity contribution is 0.589. The van der Waals surface area contributed by atoms with Crippen molar-refractivity contribution in [2.75, 3.05) is 0 Å². The Morgan fingerprint density at radius 2 is 2.14 bits per heavy atom. The van der Waals surface area contributed by atoms with Crippen LogP contribution in [0.25, 0.3) is 0 Å². The quantitative estimate of drug-likeness (QED) is 0.888. The Morgan fingerprint density at radius 1 is 1.50 bits per heavy atom. The molecule has 1 aromatic carbocycles. The second-order valence-corrected chi connectivity index (χ2v) is 4.44. The van der Waals surface area contributed by atoms with E-state index in [0.717, 1.165) is 12.0 Å². The smallest absolute Gasteiger partial charge is 0.140 e. The molecule has 0 heterocycles. The fraction of sp³-hybridized carbons (Fsp3) is 0.455. The molecule has 14 heavy (non-hydrogen) atoms. The predicted molar refractivity (Wildman–Crippen MR) is 60.8 cm³/mol. The van der Waals surface area contributed by atoms with Gasteiger partial charge in [-0.25, -0.2) is 4.39 Å². The van der Waals surface area contributed by atoms with Crippen LogP contribution in [0.2, 0.25) is 0 Å². The highest BCUT2D eigenvalue weighted by Crippen LogP contribution is 2.22. The van der Waals surface area contributed by atoms with E-state index in [-0.39, 0.29) is 11.9 Å². The van der Waals surface area contributed by atoms with E-state index in [9.17, 15) is 4.39 Å². The van der Waals surface area contributed by atoms with Gasteiger partial charge in [0.2, 0.25) is 0 Å². The summed E-state index contributed by atoms with van der Waals surface area (Å²) in [6, 6.07) is 3.70. The van der Waals surface area contributed by atoms with Gasteiger partial charge in [0, 0.05) is 6.04 Å². The fourth-order valence-corrected chi connectivity index (χ4v) is 1.96. The van der Waals surface area contributed by atoms with Gasteiger partial charge in [-0.3, -0.25) is 0 Å². The van der Waals surface area contributed by atoms with Crippen molar-refractivity contribution in [1.29, 1.82) is 0 Å². The Hall–Kier alpha value is -0.410. The standard InChI is InChI=1S/C11H15BrFN/c1-3-8-5-9(4-7(2)14)11(13)10(12)6-8/h5-7H,3-4,14H2,1-2H3. The highest BCUT2D eigenvalue weighted by Gasteiger charge is 2.09. The maximum absolute atomic E-state index is 13.6. The lowest BCUT2D eigenvalue weighted by atomic mass is 10.0. The van der Waals surface area contributed by atoms with Gasteiger partial charge in [0.15, 0.2) is 0 Å². The molecule has 0 amide bonds. The Labute approximate surface area is 92.6 Å². The lowest BCUT2D eigenvalue weighted by Crippen LogP contribution is -2.18. The molecule has 0 spiro atoms. The first kappa shape index (κ1) is 11.7. The summed E-state index contributed by atoms with van der Waals surface area (Å²) in [6.07, 6.45) is 1.49. The van der Waals surface area contributed by atoms with Crippen molar-refractivity contribution in [1.82, 2.24) is 0 Å². The van der Waals surface area contributed by atoms with E-state index >= 15 is 0 Å². The van der Waals surface area contributed by atoms with Crippen LogP contribution in [-0.2, 0) is 12.8 Å². The molecule has 1 unspecified atom stereocenters. The van der Waals surface area contributed by atoms with Crippen LogP contribution >= 0.6 is 15.9 Å². The normalized spacial score (nSPS) is 12.9. The molecule has 78 valence electrons. The lowest BCUT2D eigenvalue weighted by Gasteiger charge is -2.09. The number of rotatable bonds is 3. The molecule has 0 aliphatic heterocycles. The zero-order valence-corrected chi connectivity index (χ0v) is 10.1. The summed E-state index contributed by atoms with van der Waals surface area (Å²) in [5, 5.41) is 0. The average molecular weight is 260 g/mol. The summed E-state index contributed by atoms with van der Waals surface area (Å²) < 4.78 is 14.1. The SMILES string of the molecule is CCc1cc(Br)c(F)c(CC(C)N)c1. The third kappa shape index (κ3) is 2.79. The van der Waals surface area contributed by atoms with Crippen molar-refractivity contribution >= 4 is 15.9 Å². The molecular weight excluding hydrogens is 245 g/mol. The minimum absolute atomic E-state index is 0.0106. The summed E-state index contributed by atoms with van der Waals surface area (Å²) in [7, 11) is 0. The van der Waals surface area contributed by atoms with Crippen LogP contribution < -0.4 is 5.73 Å².